The van der Waals surface area contributed by atoms with Gasteiger partial charge in [0, 0.05) is 31.3 Å². The number of carbonyl (C=O) groups excluding carboxylic acids is 1. The molecule has 1 aliphatic heterocycles. The first-order valence-corrected chi connectivity index (χ1v) is 7.55. The lowest BCUT2D eigenvalue weighted by molar-refractivity contribution is -0.137. The van der Waals surface area contributed by atoms with Crippen LogP contribution in [0.4, 0.5) is 4.39 Å². The van der Waals surface area contributed by atoms with E-state index in [1.807, 2.05) is 4.90 Å². The molecule has 1 amide bonds. The minimum absolute atomic E-state index is 0.0276. The van der Waals surface area contributed by atoms with E-state index in [1.54, 1.807) is 19.1 Å². The fourth-order valence-electron chi connectivity index (χ4n) is 2.57. The van der Waals surface area contributed by atoms with Crippen molar-refractivity contribution in [1.82, 2.24) is 4.90 Å². The van der Waals surface area contributed by atoms with Crippen molar-refractivity contribution in [3.63, 3.8) is 0 Å². The topological polar surface area (TPSA) is 55.6 Å². The van der Waals surface area contributed by atoms with Crippen molar-refractivity contribution < 1.29 is 13.9 Å². The highest BCUT2D eigenvalue weighted by Crippen LogP contribution is 2.19. The molecule has 1 heterocycles. The first-order chi connectivity index (χ1) is 10.1. The number of hydrogen-bond donors (Lipinski definition) is 1. The van der Waals surface area contributed by atoms with Gasteiger partial charge in [-0.25, -0.2) is 4.39 Å². The highest BCUT2D eigenvalue weighted by Gasteiger charge is 2.23. The Kier molecular flexibility index (Phi) is 5.56. The molecule has 2 rings (SSSR count). The predicted octanol–water partition coefficient (Wildman–Crippen LogP) is 2.45. The maximum Gasteiger partial charge on any atom is 0.263 e. The molecular weight excluding hydrogens is 271 g/mol. The standard InChI is InChI=1S/C16H23FN2O2/c1-12(16(20)19-8-4-2-3-5-9-19)21-14-7-6-13(11-18)15(17)10-14/h6-7,10,12H,2-5,8-9,11,18H2,1H3. The molecule has 1 aromatic rings. The molecule has 0 aliphatic carbocycles. The number of halogens is 1. The molecule has 0 aromatic heterocycles. The summed E-state index contributed by atoms with van der Waals surface area (Å²) in [5.41, 5.74) is 5.86. The van der Waals surface area contributed by atoms with Crippen LogP contribution in [0, 0.1) is 5.82 Å². The second-order valence-corrected chi connectivity index (χ2v) is 5.46. The zero-order valence-electron chi connectivity index (χ0n) is 12.5. The van der Waals surface area contributed by atoms with E-state index in [9.17, 15) is 9.18 Å². The van der Waals surface area contributed by atoms with Crippen LogP contribution in [0.1, 0.15) is 38.2 Å². The van der Waals surface area contributed by atoms with Crippen LogP contribution >= 0.6 is 0 Å². The van der Waals surface area contributed by atoms with Crippen LogP contribution in [0.25, 0.3) is 0 Å². The van der Waals surface area contributed by atoms with E-state index >= 15 is 0 Å². The third-order valence-electron chi connectivity index (χ3n) is 3.82. The Labute approximate surface area is 125 Å². The minimum Gasteiger partial charge on any atom is -0.481 e. The molecule has 0 bridgehead atoms. The van der Waals surface area contributed by atoms with Crippen molar-refractivity contribution >= 4 is 5.91 Å². The molecule has 4 nitrogen and oxygen atoms in total. The van der Waals surface area contributed by atoms with Crippen LogP contribution < -0.4 is 10.5 Å². The van der Waals surface area contributed by atoms with Crippen molar-refractivity contribution in [1.29, 1.82) is 0 Å². The summed E-state index contributed by atoms with van der Waals surface area (Å²) in [6.07, 6.45) is 3.82. The largest absolute Gasteiger partial charge is 0.481 e. The number of rotatable bonds is 4. The van der Waals surface area contributed by atoms with E-state index in [0.29, 0.717) is 11.3 Å². The van der Waals surface area contributed by atoms with Crippen LogP contribution in [0.3, 0.4) is 0 Å². The maximum absolute atomic E-state index is 13.7. The normalized spacial score (nSPS) is 17.2. The van der Waals surface area contributed by atoms with Crippen LogP contribution in [-0.4, -0.2) is 30.0 Å². The number of carbonyl (C=O) groups is 1. The van der Waals surface area contributed by atoms with E-state index in [0.717, 1.165) is 25.9 Å². The molecule has 2 N–H and O–H groups in total. The molecule has 5 heteroatoms. The summed E-state index contributed by atoms with van der Waals surface area (Å²) in [6.45, 7) is 3.43. The van der Waals surface area contributed by atoms with Crippen molar-refractivity contribution in [2.75, 3.05) is 13.1 Å². The van der Waals surface area contributed by atoms with Gasteiger partial charge in [0.05, 0.1) is 0 Å². The molecule has 1 unspecified atom stereocenters. The van der Waals surface area contributed by atoms with Gasteiger partial charge in [-0.1, -0.05) is 18.9 Å². The molecule has 21 heavy (non-hydrogen) atoms. The van der Waals surface area contributed by atoms with Gasteiger partial charge in [0.15, 0.2) is 6.10 Å². The third-order valence-corrected chi connectivity index (χ3v) is 3.82. The SMILES string of the molecule is CC(Oc1ccc(CN)c(F)c1)C(=O)N1CCCCCC1. The molecule has 0 spiro atoms. The van der Waals surface area contributed by atoms with E-state index in [2.05, 4.69) is 0 Å². The van der Waals surface area contributed by atoms with Gasteiger partial charge in [-0.2, -0.15) is 0 Å². The lowest BCUT2D eigenvalue weighted by Crippen LogP contribution is -2.41. The molecule has 116 valence electrons. The summed E-state index contributed by atoms with van der Waals surface area (Å²) in [5, 5.41) is 0. The van der Waals surface area contributed by atoms with Crippen LogP contribution in [0.15, 0.2) is 18.2 Å². The van der Waals surface area contributed by atoms with Crippen molar-refractivity contribution in [2.24, 2.45) is 5.73 Å². The Morgan fingerprint density at radius 2 is 2.00 bits per heavy atom. The number of amides is 1. The summed E-state index contributed by atoms with van der Waals surface area (Å²) in [7, 11) is 0. The van der Waals surface area contributed by atoms with Crippen LogP contribution in [0.5, 0.6) is 5.75 Å². The van der Waals surface area contributed by atoms with Gasteiger partial charge in [-0.15, -0.1) is 0 Å². The number of benzene rings is 1. The predicted molar refractivity (Wildman–Crippen MR) is 79.4 cm³/mol. The van der Waals surface area contributed by atoms with Gasteiger partial charge in [0.25, 0.3) is 5.91 Å². The smallest absolute Gasteiger partial charge is 0.263 e. The number of likely N-dealkylation sites (tertiary alicyclic amines) is 1. The Morgan fingerprint density at radius 1 is 1.33 bits per heavy atom. The lowest BCUT2D eigenvalue weighted by Gasteiger charge is -2.24. The average Bonchev–Trinajstić information content (AvgIpc) is 2.75. The van der Waals surface area contributed by atoms with Gasteiger partial charge in [0.1, 0.15) is 11.6 Å². The second kappa shape index (κ2) is 7.41. The molecule has 0 saturated carbocycles. The monoisotopic (exact) mass is 294 g/mol. The average molecular weight is 294 g/mol. The fraction of sp³-hybridized carbons (Fsp3) is 0.562. The molecule has 0 radical (unpaired) electrons. The van der Waals surface area contributed by atoms with Crippen molar-refractivity contribution in [2.45, 2.75) is 45.3 Å². The minimum atomic E-state index is -0.605. The molecule has 1 aliphatic rings. The van der Waals surface area contributed by atoms with E-state index in [4.69, 9.17) is 10.5 Å². The Morgan fingerprint density at radius 3 is 2.57 bits per heavy atom. The summed E-state index contributed by atoms with van der Waals surface area (Å²) >= 11 is 0. The number of nitrogens with two attached hydrogens (primary N) is 1. The zero-order chi connectivity index (χ0) is 15.2. The van der Waals surface area contributed by atoms with E-state index < -0.39 is 11.9 Å². The van der Waals surface area contributed by atoms with Gasteiger partial charge < -0.3 is 15.4 Å². The van der Waals surface area contributed by atoms with Gasteiger partial charge in [0.2, 0.25) is 0 Å². The summed E-state index contributed by atoms with van der Waals surface area (Å²) < 4.78 is 19.2. The van der Waals surface area contributed by atoms with Crippen molar-refractivity contribution in [3.8, 4) is 5.75 Å². The Bertz CT molecular complexity index is 485. The summed E-state index contributed by atoms with van der Waals surface area (Å²) in [6, 6.07) is 4.53. The first-order valence-electron chi connectivity index (χ1n) is 7.55. The van der Waals surface area contributed by atoms with Gasteiger partial charge >= 0.3 is 0 Å². The maximum atomic E-state index is 13.7. The number of ether oxygens (including phenoxy) is 1. The molecule has 1 atom stereocenters. The fourth-order valence-corrected chi connectivity index (χ4v) is 2.57. The highest BCUT2D eigenvalue weighted by molar-refractivity contribution is 5.80. The van der Waals surface area contributed by atoms with E-state index in [-0.39, 0.29) is 12.5 Å². The zero-order valence-corrected chi connectivity index (χ0v) is 12.5. The lowest BCUT2D eigenvalue weighted by atomic mass is 10.2. The number of hydrogen-bond acceptors (Lipinski definition) is 3. The molecule has 1 saturated heterocycles. The summed E-state index contributed by atoms with van der Waals surface area (Å²) in [5.74, 6) is -0.0648. The first kappa shape index (κ1) is 15.8. The third kappa shape index (κ3) is 4.17. The Hall–Kier alpha value is -1.62. The number of nitrogens with zero attached hydrogens (tertiary/aromatic N) is 1. The quantitative estimate of drug-likeness (QED) is 0.928. The molecular formula is C16H23FN2O2. The van der Waals surface area contributed by atoms with Crippen molar-refractivity contribution in [3.05, 3.63) is 29.6 Å². The van der Waals surface area contributed by atoms with E-state index in [1.165, 1.54) is 18.9 Å². The van der Waals surface area contributed by atoms with Gasteiger partial charge in [-0.3, -0.25) is 4.79 Å². The molecule has 1 fully saturated rings. The summed E-state index contributed by atoms with van der Waals surface area (Å²) in [4.78, 5) is 14.2. The van der Waals surface area contributed by atoms with Crippen LogP contribution in [-0.2, 0) is 11.3 Å². The van der Waals surface area contributed by atoms with Gasteiger partial charge in [-0.05, 0) is 25.8 Å². The highest BCUT2D eigenvalue weighted by atomic mass is 19.1. The van der Waals surface area contributed by atoms with Crippen LogP contribution in [0.2, 0.25) is 0 Å². The molecule has 1 aromatic carbocycles. The second-order valence-electron chi connectivity index (χ2n) is 5.46. The Balaban J connectivity index is 1.98.